The van der Waals surface area contributed by atoms with Crippen LogP contribution in [0.25, 0.3) is 33.1 Å². The Morgan fingerprint density at radius 1 is 0.900 bits per heavy atom. The number of hydrogen-bond donors (Lipinski definition) is 0. The van der Waals surface area contributed by atoms with Crippen molar-refractivity contribution in [2.24, 2.45) is 0 Å². The Kier molecular flexibility index (Phi) is 4.75. The summed E-state index contributed by atoms with van der Waals surface area (Å²) in [6, 6.07) is 10.8. The molecular formula is C22H16O8. The van der Waals surface area contributed by atoms with Gasteiger partial charge in [0.2, 0.25) is 5.75 Å². The Morgan fingerprint density at radius 2 is 1.70 bits per heavy atom. The first-order chi connectivity index (χ1) is 14.4. The van der Waals surface area contributed by atoms with Gasteiger partial charge in [0, 0.05) is 35.4 Å². The molecule has 0 spiro atoms. The van der Waals surface area contributed by atoms with E-state index in [4.69, 9.17) is 23.0 Å². The maximum Gasteiger partial charge on any atom is 0.344 e. The Morgan fingerprint density at radius 3 is 2.40 bits per heavy atom. The molecule has 0 saturated heterocycles. The molecule has 0 saturated carbocycles. The van der Waals surface area contributed by atoms with E-state index in [-0.39, 0.29) is 28.2 Å². The van der Waals surface area contributed by atoms with Crippen LogP contribution in [0.4, 0.5) is 0 Å². The Hall–Kier alpha value is -4.07. The van der Waals surface area contributed by atoms with Gasteiger partial charge in [0.05, 0.1) is 19.8 Å². The standard InChI is InChI=1S/C22H16O8/c1-11(23)28-13-5-4-12-8-16(22(25)29-18(12)9-13)15-10-19(24)30-20-14(15)6-7-17(26-2)21(20)27-3/h4-10H,1-3H3. The van der Waals surface area contributed by atoms with E-state index >= 15 is 0 Å². The zero-order valence-corrected chi connectivity index (χ0v) is 16.3. The molecule has 2 heterocycles. The smallest absolute Gasteiger partial charge is 0.344 e. The largest absolute Gasteiger partial charge is 0.493 e. The highest BCUT2D eigenvalue weighted by Gasteiger charge is 2.19. The molecule has 0 bridgehead atoms. The second-order valence-electron chi connectivity index (χ2n) is 6.40. The third-order valence-corrected chi connectivity index (χ3v) is 4.51. The third-order valence-electron chi connectivity index (χ3n) is 4.51. The van der Waals surface area contributed by atoms with Gasteiger partial charge in [-0.3, -0.25) is 4.79 Å². The van der Waals surface area contributed by atoms with Crippen molar-refractivity contribution >= 4 is 27.9 Å². The number of methoxy groups -OCH3 is 2. The van der Waals surface area contributed by atoms with E-state index in [0.717, 1.165) is 0 Å². The summed E-state index contributed by atoms with van der Waals surface area (Å²) in [7, 11) is 2.89. The lowest BCUT2D eigenvalue weighted by atomic mass is 10.0. The minimum atomic E-state index is -0.663. The maximum absolute atomic E-state index is 12.7. The lowest BCUT2D eigenvalue weighted by Gasteiger charge is -2.11. The second-order valence-corrected chi connectivity index (χ2v) is 6.40. The van der Waals surface area contributed by atoms with Gasteiger partial charge in [0.25, 0.3) is 0 Å². The SMILES string of the molecule is COc1ccc2c(-c3cc4ccc(OC(C)=O)cc4oc3=O)cc(=O)oc2c1OC. The number of carbonyl (C=O) groups is 1. The molecule has 0 N–H and O–H groups in total. The fourth-order valence-corrected chi connectivity index (χ4v) is 3.27. The van der Waals surface area contributed by atoms with Crippen LogP contribution in [0.2, 0.25) is 0 Å². The van der Waals surface area contributed by atoms with E-state index in [1.807, 2.05) is 0 Å². The van der Waals surface area contributed by atoms with Crippen molar-refractivity contribution in [1.82, 2.24) is 0 Å². The van der Waals surface area contributed by atoms with Gasteiger partial charge < -0.3 is 23.0 Å². The van der Waals surface area contributed by atoms with Crippen molar-refractivity contribution in [3.63, 3.8) is 0 Å². The van der Waals surface area contributed by atoms with Crippen LogP contribution in [-0.2, 0) is 4.79 Å². The molecule has 8 heteroatoms. The van der Waals surface area contributed by atoms with Crippen molar-refractivity contribution in [1.29, 1.82) is 0 Å². The molecule has 0 amide bonds. The van der Waals surface area contributed by atoms with Crippen molar-refractivity contribution in [2.45, 2.75) is 6.92 Å². The summed E-state index contributed by atoms with van der Waals surface area (Å²) in [6.07, 6.45) is 0. The van der Waals surface area contributed by atoms with Crippen LogP contribution < -0.4 is 25.5 Å². The molecule has 0 aliphatic rings. The van der Waals surface area contributed by atoms with Gasteiger partial charge in [-0.1, -0.05) is 0 Å². The van der Waals surface area contributed by atoms with Crippen LogP contribution >= 0.6 is 0 Å². The quantitative estimate of drug-likeness (QED) is 0.287. The van der Waals surface area contributed by atoms with Gasteiger partial charge in [-0.15, -0.1) is 0 Å². The zero-order chi connectivity index (χ0) is 21.4. The highest BCUT2D eigenvalue weighted by Crippen LogP contribution is 2.38. The fourth-order valence-electron chi connectivity index (χ4n) is 3.27. The molecule has 0 aliphatic carbocycles. The van der Waals surface area contributed by atoms with Gasteiger partial charge in [0.1, 0.15) is 11.3 Å². The first-order valence-corrected chi connectivity index (χ1v) is 8.87. The summed E-state index contributed by atoms with van der Waals surface area (Å²) in [5, 5.41) is 1.07. The van der Waals surface area contributed by atoms with E-state index in [2.05, 4.69) is 0 Å². The van der Waals surface area contributed by atoms with E-state index in [1.165, 1.54) is 33.3 Å². The van der Waals surface area contributed by atoms with Crippen molar-refractivity contribution in [3.05, 3.63) is 63.3 Å². The number of carbonyl (C=O) groups excluding carboxylic acids is 1. The van der Waals surface area contributed by atoms with Gasteiger partial charge >= 0.3 is 17.2 Å². The zero-order valence-electron chi connectivity index (χ0n) is 16.3. The number of hydrogen-bond acceptors (Lipinski definition) is 8. The molecule has 0 atom stereocenters. The molecular weight excluding hydrogens is 392 g/mol. The van der Waals surface area contributed by atoms with Gasteiger partial charge in [-0.25, -0.2) is 9.59 Å². The molecule has 0 unspecified atom stereocenters. The van der Waals surface area contributed by atoms with Gasteiger partial charge in [-0.2, -0.15) is 0 Å². The number of ether oxygens (including phenoxy) is 3. The topological polar surface area (TPSA) is 105 Å². The molecule has 0 radical (unpaired) electrons. The Balaban J connectivity index is 1.98. The van der Waals surface area contributed by atoms with Gasteiger partial charge in [0.15, 0.2) is 11.3 Å². The van der Waals surface area contributed by atoms with Crippen molar-refractivity contribution in [2.75, 3.05) is 14.2 Å². The normalized spacial score (nSPS) is 10.9. The molecule has 4 rings (SSSR count). The van der Waals surface area contributed by atoms with Crippen LogP contribution in [0.5, 0.6) is 17.2 Å². The predicted octanol–water partition coefficient (Wildman–Crippen LogP) is 3.51. The first-order valence-electron chi connectivity index (χ1n) is 8.87. The van der Waals surface area contributed by atoms with Crippen LogP contribution in [0.1, 0.15) is 6.92 Å². The van der Waals surface area contributed by atoms with E-state index in [0.29, 0.717) is 22.1 Å². The van der Waals surface area contributed by atoms with Crippen LogP contribution in [0.3, 0.4) is 0 Å². The molecule has 30 heavy (non-hydrogen) atoms. The van der Waals surface area contributed by atoms with Gasteiger partial charge in [-0.05, 0) is 30.3 Å². The molecule has 2 aromatic carbocycles. The summed E-state index contributed by atoms with van der Waals surface area (Å²) in [6.45, 7) is 1.28. The highest BCUT2D eigenvalue weighted by atomic mass is 16.5. The average molecular weight is 408 g/mol. The van der Waals surface area contributed by atoms with Crippen LogP contribution in [0, 0.1) is 0 Å². The van der Waals surface area contributed by atoms with Crippen LogP contribution in [-0.4, -0.2) is 20.2 Å². The van der Waals surface area contributed by atoms with Crippen molar-refractivity contribution < 1.29 is 27.8 Å². The Labute approximate surface area is 169 Å². The molecule has 2 aromatic heterocycles. The highest BCUT2D eigenvalue weighted by molar-refractivity contribution is 5.98. The lowest BCUT2D eigenvalue weighted by Crippen LogP contribution is -2.07. The van der Waals surface area contributed by atoms with E-state index in [1.54, 1.807) is 30.3 Å². The Bertz CT molecular complexity index is 1410. The predicted molar refractivity (Wildman–Crippen MR) is 108 cm³/mol. The first kappa shape index (κ1) is 19.3. The van der Waals surface area contributed by atoms with Crippen molar-refractivity contribution in [3.8, 4) is 28.4 Å². The summed E-state index contributed by atoms with van der Waals surface area (Å²) >= 11 is 0. The molecule has 0 aliphatic heterocycles. The lowest BCUT2D eigenvalue weighted by molar-refractivity contribution is -0.131. The van der Waals surface area contributed by atoms with E-state index in [9.17, 15) is 14.4 Å². The maximum atomic E-state index is 12.7. The van der Waals surface area contributed by atoms with E-state index < -0.39 is 17.2 Å². The number of benzene rings is 2. The second kappa shape index (κ2) is 7.40. The summed E-state index contributed by atoms with van der Waals surface area (Å²) in [5.41, 5.74) is -0.411. The molecule has 152 valence electrons. The fraction of sp³-hybridized carbons (Fsp3) is 0.136. The number of rotatable bonds is 4. The molecule has 0 fully saturated rings. The third kappa shape index (κ3) is 3.28. The molecule has 8 nitrogen and oxygen atoms in total. The summed E-state index contributed by atoms with van der Waals surface area (Å²) in [5.74, 6) is 0.396. The molecule has 4 aromatic rings. The number of fused-ring (bicyclic) bond motifs is 2. The van der Waals surface area contributed by atoms with Crippen LogP contribution in [0.15, 0.2) is 60.9 Å². The average Bonchev–Trinajstić information content (AvgIpc) is 2.71. The summed E-state index contributed by atoms with van der Waals surface area (Å²) in [4.78, 5) is 36.1. The number of esters is 1. The minimum Gasteiger partial charge on any atom is -0.493 e. The monoisotopic (exact) mass is 408 g/mol. The minimum absolute atomic E-state index is 0.157. The summed E-state index contributed by atoms with van der Waals surface area (Å²) < 4.78 is 26.4.